The first-order chi connectivity index (χ1) is 9.40. The number of hydrogen-bond acceptors (Lipinski definition) is 2. The predicted molar refractivity (Wildman–Crippen MR) is 83.4 cm³/mol. The van der Waals surface area contributed by atoms with Crippen LogP contribution in [0.15, 0.2) is 0 Å². The van der Waals surface area contributed by atoms with Gasteiger partial charge in [-0.2, -0.15) is 0 Å². The zero-order valence-electron chi connectivity index (χ0n) is 13.8. The molecule has 1 aliphatic heterocycles. The van der Waals surface area contributed by atoms with Crippen LogP contribution in [0.2, 0.25) is 0 Å². The Morgan fingerprint density at radius 3 is 2.55 bits per heavy atom. The molecule has 1 unspecified atom stereocenters. The van der Waals surface area contributed by atoms with E-state index in [9.17, 15) is 4.79 Å². The van der Waals surface area contributed by atoms with Crippen molar-refractivity contribution in [2.75, 3.05) is 6.54 Å². The van der Waals surface area contributed by atoms with E-state index in [1.54, 1.807) is 0 Å². The average molecular weight is 280 g/mol. The van der Waals surface area contributed by atoms with Crippen LogP contribution < -0.4 is 5.32 Å². The third-order valence-corrected chi connectivity index (χ3v) is 5.14. The minimum atomic E-state index is -0.209. The molecule has 1 heterocycles. The van der Waals surface area contributed by atoms with Crippen LogP contribution in [0.25, 0.3) is 0 Å². The van der Waals surface area contributed by atoms with Gasteiger partial charge in [0.25, 0.3) is 0 Å². The molecular weight excluding hydrogens is 248 g/mol. The van der Waals surface area contributed by atoms with E-state index in [4.69, 9.17) is 0 Å². The third-order valence-electron chi connectivity index (χ3n) is 5.14. The Labute approximate surface area is 124 Å². The Hall–Kier alpha value is -0.570. The van der Waals surface area contributed by atoms with Gasteiger partial charge in [-0.05, 0) is 31.6 Å². The Bertz CT molecular complexity index is 345. The first kappa shape index (κ1) is 15.8. The molecular formula is C17H32N2O. The van der Waals surface area contributed by atoms with Gasteiger partial charge in [-0.3, -0.25) is 10.1 Å². The molecule has 1 spiro atoms. The maximum Gasteiger partial charge on any atom is 0.244 e. The van der Waals surface area contributed by atoms with Gasteiger partial charge in [-0.25, -0.2) is 0 Å². The summed E-state index contributed by atoms with van der Waals surface area (Å²) in [6, 6.07) is 0. The van der Waals surface area contributed by atoms with E-state index in [1.165, 1.54) is 38.5 Å². The van der Waals surface area contributed by atoms with Crippen LogP contribution in [0.3, 0.4) is 0 Å². The van der Waals surface area contributed by atoms with E-state index in [1.807, 2.05) is 0 Å². The van der Waals surface area contributed by atoms with Crippen LogP contribution in [0.5, 0.6) is 0 Å². The summed E-state index contributed by atoms with van der Waals surface area (Å²) < 4.78 is 0. The van der Waals surface area contributed by atoms with E-state index in [0.717, 1.165) is 19.4 Å². The van der Waals surface area contributed by atoms with Gasteiger partial charge >= 0.3 is 0 Å². The molecule has 1 aliphatic carbocycles. The molecule has 116 valence electrons. The highest BCUT2D eigenvalue weighted by atomic mass is 16.2. The molecule has 20 heavy (non-hydrogen) atoms. The molecule has 2 rings (SSSR count). The number of unbranched alkanes of at least 4 members (excludes halogenated alkanes) is 2. The molecule has 1 amide bonds. The van der Waals surface area contributed by atoms with Crippen molar-refractivity contribution < 1.29 is 4.79 Å². The number of hydrogen-bond donors (Lipinski definition) is 1. The number of nitrogens with zero attached hydrogens (tertiary/aromatic N) is 1. The molecule has 3 nitrogen and oxygen atoms in total. The summed E-state index contributed by atoms with van der Waals surface area (Å²) in [5, 5.41) is 3.60. The molecule has 1 saturated carbocycles. The lowest BCUT2D eigenvalue weighted by Crippen LogP contribution is -2.45. The Morgan fingerprint density at radius 1 is 1.30 bits per heavy atom. The highest BCUT2D eigenvalue weighted by Crippen LogP contribution is 2.38. The van der Waals surface area contributed by atoms with E-state index in [-0.39, 0.29) is 17.1 Å². The van der Waals surface area contributed by atoms with Crippen molar-refractivity contribution in [3.8, 4) is 0 Å². The van der Waals surface area contributed by atoms with Crippen LogP contribution in [0.1, 0.15) is 79.1 Å². The predicted octanol–water partition coefficient (Wildman–Crippen LogP) is 3.68. The normalized spacial score (nSPS) is 25.9. The summed E-state index contributed by atoms with van der Waals surface area (Å²) in [6.07, 6.45) is 9.70. The zero-order valence-corrected chi connectivity index (χ0v) is 13.8. The number of carbonyl (C=O) groups excluding carboxylic acids is 1. The van der Waals surface area contributed by atoms with Crippen LogP contribution in [0, 0.1) is 5.41 Å². The molecule has 0 bridgehead atoms. The minimum Gasteiger partial charge on any atom is -0.325 e. The van der Waals surface area contributed by atoms with Gasteiger partial charge in [0.1, 0.15) is 0 Å². The van der Waals surface area contributed by atoms with Gasteiger partial charge in [-0.1, -0.05) is 52.9 Å². The molecule has 2 fully saturated rings. The van der Waals surface area contributed by atoms with Gasteiger partial charge < -0.3 is 4.90 Å². The fourth-order valence-electron chi connectivity index (χ4n) is 3.93. The SMILES string of the molecule is CCCCCC(C)(C)CN1C(=O)C2(CCCC2)NC1C. The van der Waals surface area contributed by atoms with Crippen LogP contribution in [-0.2, 0) is 4.79 Å². The van der Waals surface area contributed by atoms with Crippen molar-refractivity contribution in [3.63, 3.8) is 0 Å². The standard InChI is InChI=1S/C17H32N2O/c1-5-6-7-10-16(3,4)13-19-14(2)18-17(15(19)20)11-8-9-12-17/h14,18H,5-13H2,1-4H3. The van der Waals surface area contributed by atoms with Crippen molar-refractivity contribution in [1.82, 2.24) is 10.2 Å². The lowest BCUT2D eigenvalue weighted by atomic mass is 9.86. The first-order valence-corrected chi connectivity index (χ1v) is 8.49. The van der Waals surface area contributed by atoms with Crippen molar-refractivity contribution in [3.05, 3.63) is 0 Å². The molecule has 2 aliphatic rings. The van der Waals surface area contributed by atoms with Crippen LogP contribution in [-0.4, -0.2) is 29.1 Å². The highest BCUT2D eigenvalue weighted by molar-refractivity contribution is 5.89. The van der Waals surface area contributed by atoms with Crippen molar-refractivity contribution >= 4 is 5.91 Å². The average Bonchev–Trinajstić information content (AvgIpc) is 2.92. The highest BCUT2D eigenvalue weighted by Gasteiger charge is 2.51. The Morgan fingerprint density at radius 2 is 1.95 bits per heavy atom. The molecule has 0 aromatic rings. The van der Waals surface area contributed by atoms with Gasteiger partial charge in [0.2, 0.25) is 5.91 Å². The maximum absolute atomic E-state index is 12.8. The molecule has 3 heteroatoms. The second-order valence-electron chi connectivity index (χ2n) is 7.66. The van der Waals surface area contributed by atoms with Gasteiger partial charge in [0.05, 0.1) is 11.7 Å². The topological polar surface area (TPSA) is 32.3 Å². The molecule has 1 saturated heterocycles. The minimum absolute atomic E-state index is 0.200. The summed E-state index contributed by atoms with van der Waals surface area (Å²) in [4.78, 5) is 14.9. The molecule has 1 N–H and O–H groups in total. The third kappa shape index (κ3) is 3.19. The first-order valence-electron chi connectivity index (χ1n) is 8.49. The lowest BCUT2D eigenvalue weighted by molar-refractivity contribution is -0.134. The number of carbonyl (C=O) groups is 1. The van der Waals surface area contributed by atoms with Crippen molar-refractivity contribution in [2.24, 2.45) is 5.41 Å². The maximum atomic E-state index is 12.8. The summed E-state index contributed by atoms with van der Waals surface area (Å²) >= 11 is 0. The summed E-state index contributed by atoms with van der Waals surface area (Å²) in [6.45, 7) is 9.90. The Kier molecular flexibility index (Phi) is 4.78. The van der Waals surface area contributed by atoms with E-state index < -0.39 is 0 Å². The van der Waals surface area contributed by atoms with Crippen LogP contribution >= 0.6 is 0 Å². The summed E-state index contributed by atoms with van der Waals surface area (Å²) in [5.41, 5.74) is 0.0177. The van der Waals surface area contributed by atoms with E-state index >= 15 is 0 Å². The van der Waals surface area contributed by atoms with E-state index in [0.29, 0.717) is 5.91 Å². The lowest BCUT2D eigenvalue weighted by Gasteiger charge is -2.32. The molecule has 0 aromatic carbocycles. The van der Waals surface area contributed by atoms with Crippen molar-refractivity contribution in [2.45, 2.75) is 90.8 Å². The zero-order chi connectivity index (χ0) is 14.8. The Balaban J connectivity index is 1.96. The summed E-state index contributed by atoms with van der Waals surface area (Å²) in [5.74, 6) is 0.367. The number of amides is 1. The molecule has 1 atom stereocenters. The second kappa shape index (κ2) is 6.05. The van der Waals surface area contributed by atoms with E-state index in [2.05, 4.69) is 37.9 Å². The molecule has 0 radical (unpaired) electrons. The molecule has 0 aromatic heterocycles. The van der Waals surface area contributed by atoms with Crippen LogP contribution in [0.4, 0.5) is 0 Å². The quantitative estimate of drug-likeness (QED) is 0.753. The van der Waals surface area contributed by atoms with Gasteiger partial charge in [0.15, 0.2) is 0 Å². The number of nitrogens with one attached hydrogen (secondary N) is 1. The fraction of sp³-hybridized carbons (Fsp3) is 0.941. The second-order valence-corrected chi connectivity index (χ2v) is 7.66. The van der Waals surface area contributed by atoms with Gasteiger partial charge in [-0.15, -0.1) is 0 Å². The summed E-state index contributed by atoms with van der Waals surface area (Å²) in [7, 11) is 0. The smallest absolute Gasteiger partial charge is 0.244 e. The number of rotatable bonds is 6. The monoisotopic (exact) mass is 280 g/mol. The van der Waals surface area contributed by atoms with Crippen molar-refractivity contribution in [1.29, 1.82) is 0 Å². The largest absolute Gasteiger partial charge is 0.325 e. The fourth-order valence-corrected chi connectivity index (χ4v) is 3.93. The van der Waals surface area contributed by atoms with Gasteiger partial charge in [0, 0.05) is 6.54 Å².